The van der Waals surface area contributed by atoms with Crippen LogP contribution in [0.2, 0.25) is 0 Å². The summed E-state index contributed by atoms with van der Waals surface area (Å²) in [7, 11) is 0. The Morgan fingerprint density at radius 2 is 1.84 bits per heavy atom. The van der Waals surface area contributed by atoms with E-state index < -0.39 is 0 Å². The average molecular weight is 268 g/mol. The Morgan fingerprint density at radius 3 is 2.32 bits per heavy atom. The molecule has 19 heavy (non-hydrogen) atoms. The number of rotatable bonds is 5. The second kappa shape index (κ2) is 7.08. The predicted octanol–water partition coefficient (Wildman–Crippen LogP) is 3.90. The van der Waals surface area contributed by atoms with E-state index in [1.165, 1.54) is 32.2 Å². The lowest BCUT2D eigenvalue weighted by molar-refractivity contribution is 0.0876. The van der Waals surface area contributed by atoms with Crippen LogP contribution in [-0.2, 0) is 0 Å². The smallest absolute Gasteiger partial charge is 0.00795 e. The van der Waals surface area contributed by atoms with E-state index in [-0.39, 0.29) is 0 Å². The molecule has 1 rings (SSSR count). The third-order valence-electron chi connectivity index (χ3n) is 5.36. The lowest BCUT2D eigenvalue weighted by Crippen LogP contribution is -2.47. The van der Waals surface area contributed by atoms with Gasteiger partial charge in [0, 0.05) is 18.6 Å². The molecule has 2 N–H and O–H groups in total. The van der Waals surface area contributed by atoms with Crippen molar-refractivity contribution in [1.82, 2.24) is 4.90 Å². The van der Waals surface area contributed by atoms with Crippen molar-refractivity contribution in [2.45, 2.75) is 79.3 Å². The van der Waals surface area contributed by atoms with Gasteiger partial charge < -0.3 is 10.6 Å². The number of hydrogen-bond acceptors (Lipinski definition) is 2. The van der Waals surface area contributed by atoms with Gasteiger partial charge in [-0.2, -0.15) is 0 Å². The molecular weight excluding hydrogens is 232 g/mol. The lowest BCUT2D eigenvalue weighted by atomic mass is 9.67. The highest BCUT2D eigenvalue weighted by Crippen LogP contribution is 2.40. The molecule has 0 aromatic rings. The van der Waals surface area contributed by atoms with E-state index in [9.17, 15) is 0 Å². The predicted molar refractivity (Wildman–Crippen MR) is 85.3 cm³/mol. The molecule has 1 aliphatic carbocycles. The molecule has 4 atom stereocenters. The summed E-state index contributed by atoms with van der Waals surface area (Å²) in [6.45, 7) is 16.4. The summed E-state index contributed by atoms with van der Waals surface area (Å²) in [6, 6.07) is 1.10. The molecule has 114 valence electrons. The van der Waals surface area contributed by atoms with Gasteiger partial charge in [0.15, 0.2) is 0 Å². The molecule has 0 radical (unpaired) electrons. The Morgan fingerprint density at radius 1 is 1.21 bits per heavy atom. The standard InChI is InChI=1S/C17H36N2/c1-7-13(3)19(8-2)12-14-11-15(17(4,5)6)9-10-16(14)18/h13-16H,7-12,18H2,1-6H3. The minimum absolute atomic E-state index is 0.414. The van der Waals surface area contributed by atoms with Crippen LogP contribution >= 0.6 is 0 Å². The Labute approximate surface area is 121 Å². The molecule has 0 saturated heterocycles. The van der Waals surface area contributed by atoms with Gasteiger partial charge in [-0.3, -0.25) is 0 Å². The van der Waals surface area contributed by atoms with Crippen LogP contribution in [0.1, 0.15) is 67.2 Å². The first-order chi connectivity index (χ1) is 8.79. The number of nitrogens with two attached hydrogens (primary N) is 1. The zero-order chi connectivity index (χ0) is 14.6. The van der Waals surface area contributed by atoms with Gasteiger partial charge in [0.05, 0.1) is 0 Å². The molecule has 0 aromatic carbocycles. The topological polar surface area (TPSA) is 29.3 Å². The van der Waals surface area contributed by atoms with Crippen LogP contribution in [-0.4, -0.2) is 30.1 Å². The Kier molecular flexibility index (Phi) is 6.32. The fourth-order valence-electron chi connectivity index (χ4n) is 3.46. The highest BCUT2D eigenvalue weighted by molar-refractivity contribution is 4.89. The largest absolute Gasteiger partial charge is 0.327 e. The first kappa shape index (κ1) is 17.0. The molecule has 1 aliphatic rings. The van der Waals surface area contributed by atoms with Crippen molar-refractivity contribution in [3.05, 3.63) is 0 Å². The fraction of sp³-hybridized carbons (Fsp3) is 1.00. The quantitative estimate of drug-likeness (QED) is 0.819. The molecule has 0 aliphatic heterocycles. The molecule has 0 aromatic heterocycles. The zero-order valence-corrected chi connectivity index (χ0v) is 14.1. The molecule has 1 saturated carbocycles. The van der Waals surface area contributed by atoms with Crippen LogP contribution in [0.5, 0.6) is 0 Å². The summed E-state index contributed by atoms with van der Waals surface area (Å²) in [5.41, 5.74) is 6.84. The van der Waals surface area contributed by atoms with Crippen molar-refractivity contribution in [3.8, 4) is 0 Å². The van der Waals surface area contributed by atoms with Crippen LogP contribution < -0.4 is 5.73 Å². The monoisotopic (exact) mass is 268 g/mol. The van der Waals surface area contributed by atoms with Crippen LogP contribution in [0, 0.1) is 17.3 Å². The van der Waals surface area contributed by atoms with Crippen molar-refractivity contribution in [2.75, 3.05) is 13.1 Å². The van der Waals surface area contributed by atoms with E-state index in [1.54, 1.807) is 0 Å². The van der Waals surface area contributed by atoms with Gasteiger partial charge in [0.25, 0.3) is 0 Å². The fourth-order valence-corrected chi connectivity index (χ4v) is 3.46. The van der Waals surface area contributed by atoms with Crippen LogP contribution in [0.25, 0.3) is 0 Å². The normalized spacial score (nSPS) is 30.6. The lowest BCUT2D eigenvalue weighted by Gasteiger charge is -2.43. The van der Waals surface area contributed by atoms with Crippen molar-refractivity contribution >= 4 is 0 Å². The SMILES string of the molecule is CCC(C)N(CC)CC1CC(C(C)(C)C)CCC1N. The summed E-state index contributed by atoms with van der Waals surface area (Å²) >= 11 is 0. The van der Waals surface area contributed by atoms with Gasteiger partial charge in [-0.25, -0.2) is 0 Å². The second-order valence-electron chi connectivity index (χ2n) is 7.64. The number of hydrogen-bond donors (Lipinski definition) is 1. The van der Waals surface area contributed by atoms with Crippen LogP contribution in [0.3, 0.4) is 0 Å². The highest BCUT2D eigenvalue weighted by Gasteiger charge is 2.35. The van der Waals surface area contributed by atoms with Gasteiger partial charge in [-0.05, 0) is 56.4 Å². The van der Waals surface area contributed by atoms with Gasteiger partial charge in [-0.15, -0.1) is 0 Å². The molecule has 0 heterocycles. The molecule has 0 bridgehead atoms. The third kappa shape index (κ3) is 4.75. The molecule has 0 amide bonds. The van der Waals surface area contributed by atoms with Crippen molar-refractivity contribution in [3.63, 3.8) is 0 Å². The van der Waals surface area contributed by atoms with Gasteiger partial charge in [0.1, 0.15) is 0 Å². The minimum atomic E-state index is 0.414. The summed E-state index contributed by atoms with van der Waals surface area (Å²) in [5, 5.41) is 0. The van der Waals surface area contributed by atoms with Crippen LogP contribution in [0.15, 0.2) is 0 Å². The molecule has 4 unspecified atom stereocenters. The molecule has 2 heteroatoms. The summed E-state index contributed by atoms with van der Waals surface area (Å²) in [5.74, 6) is 1.53. The maximum atomic E-state index is 6.40. The minimum Gasteiger partial charge on any atom is -0.327 e. The summed E-state index contributed by atoms with van der Waals surface area (Å²) in [4.78, 5) is 2.62. The Balaban J connectivity index is 2.64. The van der Waals surface area contributed by atoms with Gasteiger partial charge in [-0.1, -0.05) is 34.6 Å². The van der Waals surface area contributed by atoms with Crippen molar-refractivity contribution < 1.29 is 0 Å². The van der Waals surface area contributed by atoms with E-state index in [2.05, 4.69) is 46.4 Å². The molecular formula is C17H36N2. The molecule has 0 spiro atoms. The van der Waals surface area contributed by atoms with E-state index in [0.29, 0.717) is 23.4 Å². The zero-order valence-electron chi connectivity index (χ0n) is 14.1. The van der Waals surface area contributed by atoms with Gasteiger partial charge in [0.2, 0.25) is 0 Å². The summed E-state index contributed by atoms with van der Waals surface area (Å²) in [6.07, 6.45) is 5.08. The van der Waals surface area contributed by atoms with E-state index in [0.717, 1.165) is 12.5 Å². The highest BCUT2D eigenvalue weighted by atomic mass is 15.1. The van der Waals surface area contributed by atoms with E-state index in [1.807, 2.05) is 0 Å². The van der Waals surface area contributed by atoms with Crippen molar-refractivity contribution in [2.24, 2.45) is 23.0 Å². The maximum Gasteiger partial charge on any atom is 0.00795 e. The Hall–Kier alpha value is -0.0800. The van der Waals surface area contributed by atoms with E-state index >= 15 is 0 Å². The molecule has 2 nitrogen and oxygen atoms in total. The van der Waals surface area contributed by atoms with Crippen molar-refractivity contribution in [1.29, 1.82) is 0 Å². The van der Waals surface area contributed by atoms with Crippen LogP contribution in [0.4, 0.5) is 0 Å². The third-order valence-corrected chi connectivity index (χ3v) is 5.36. The second-order valence-corrected chi connectivity index (χ2v) is 7.64. The maximum absolute atomic E-state index is 6.40. The number of nitrogens with zero attached hydrogens (tertiary/aromatic N) is 1. The first-order valence-corrected chi connectivity index (χ1v) is 8.29. The Bertz CT molecular complexity index is 256. The average Bonchev–Trinajstić information content (AvgIpc) is 2.35. The summed E-state index contributed by atoms with van der Waals surface area (Å²) < 4.78 is 0. The van der Waals surface area contributed by atoms with Gasteiger partial charge >= 0.3 is 0 Å². The first-order valence-electron chi connectivity index (χ1n) is 8.29. The van der Waals surface area contributed by atoms with E-state index in [4.69, 9.17) is 5.73 Å². The molecule has 1 fully saturated rings.